The van der Waals surface area contributed by atoms with Gasteiger partial charge in [0.05, 0.1) is 6.61 Å². The van der Waals surface area contributed by atoms with Crippen LogP contribution in [0.5, 0.6) is 0 Å². The third-order valence-corrected chi connectivity index (χ3v) is 1.64. The van der Waals surface area contributed by atoms with Crippen LogP contribution in [0.2, 0.25) is 0 Å². The fraction of sp³-hybridized carbons (Fsp3) is 0.889. The third-order valence-electron chi connectivity index (χ3n) is 1.64. The van der Waals surface area contributed by atoms with E-state index >= 15 is 0 Å². The molecule has 0 aliphatic rings. The molecule has 0 radical (unpaired) electrons. The summed E-state index contributed by atoms with van der Waals surface area (Å²) in [5.74, 6) is 0.241. The summed E-state index contributed by atoms with van der Waals surface area (Å²) in [6.07, 6.45) is 1.41. The highest BCUT2D eigenvalue weighted by Gasteiger charge is 2.08. The quantitative estimate of drug-likeness (QED) is 0.574. The summed E-state index contributed by atoms with van der Waals surface area (Å²) in [5.41, 5.74) is 0. The summed E-state index contributed by atoms with van der Waals surface area (Å²) < 4.78 is 9.71. The van der Waals surface area contributed by atoms with Crippen molar-refractivity contribution in [1.29, 1.82) is 0 Å². The van der Waals surface area contributed by atoms with Gasteiger partial charge in [-0.3, -0.25) is 4.79 Å². The number of hydrogen-bond acceptors (Lipinski definition) is 3. The van der Waals surface area contributed by atoms with Gasteiger partial charge in [0.15, 0.2) is 0 Å². The van der Waals surface area contributed by atoms with Crippen LogP contribution in [-0.4, -0.2) is 26.3 Å². The molecule has 0 rings (SSSR count). The molecule has 0 aromatic heterocycles. The van der Waals surface area contributed by atoms with Crippen LogP contribution in [0.4, 0.5) is 0 Å². The van der Waals surface area contributed by atoms with E-state index in [1.807, 2.05) is 13.8 Å². The number of carbonyl (C=O) groups is 1. The highest BCUT2D eigenvalue weighted by molar-refractivity contribution is 5.69. The molecule has 0 aromatic rings. The average Bonchev–Trinajstić information content (AvgIpc) is 2.01. The molecule has 0 aliphatic heterocycles. The smallest absolute Gasteiger partial charge is 0.306 e. The molecule has 12 heavy (non-hydrogen) atoms. The number of ether oxygens (including phenoxy) is 2. The lowest BCUT2D eigenvalue weighted by atomic mass is 10.1. The van der Waals surface area contributed by atoms with E-state index in [-0.39, 0.29) is 5.97 Å². The van der Waals surface area contributed by atoms with Crippen molar-refractivity contribution in [2.24, 2.45) is 5.92 Å². The standard InChI is InChI=1S/C9H18O3/c1-4-12-9(10)7-8(2)5-6-11-3/h8H,4-7H2,1-3H3/t8-/m1/s1. The van der Waals surface area contributed by atoms with Crippen LogP contribution >= 0.6 is 0 Å². The topological polar surface area (TPSA) is 35.5 Å². The van der Waals surface area contributed by atoms with E-state index < -0.39 is 0 Å². The van der Waals surface area contributed by atoms with Crippen LogP contribution in [0.25, 0.3) is 0 Å². The van der Waals surface area contributed by atoms with Crippen LogP contribution in [-0.2, 0) is 14.3 Å². The largest absolute Gasteiger partial charge is 0.466 e. The maximum absolute atomic E-state index is 11.0. The van der Waals surface area contributed by atoms with Gasteiger partial charge in [0, 0.05) is 20.1 Å². The molecule has 0 aromatic carbocycles. The molecule has 1 atom stereocenters. The first kappa shape index (κ1) is 11.4. The van der Waals surface area contributed by atoms with Crippen molar-refractivity contribution in [3.05, 3.63) is 0 Å². The molecule has 0 amide bonds. The molecule has 0 bridgehead atoms. The van der Waals surface area contributed by atoms with Gasteiger partial charge in [0.1, 0.15) is 0 Å². The lowest BCUT2D eigenvalue weighted by molar-refractivity contribution is -0.144. The summed E-state index contributed by atoms with van der Waals surface area (Å²) in [7, 11) is 1.66. The Balaban J connectivity index is 3.40. The van der Waals surface area contributed by atoms with Crippen molar-refractivity contribution in [2.75, 3.05) is 20.3 Å². The molecule has 0 aliphatic carbocycles. The lowest BCUT2D eigenvalue weighted by Crippen LogP contribution is -2.10. The van der Waals surface area contributed by atoms with Gasteiger partial charge in [0.25, 0.3) is 0 Å². The number of methoxy groups -OCH3 is 1. The average molecular weight is 174 g/mol. The number of rotatable bonds is 6. The zero-order valence-electron chi connectivity index (χ0n) is 8.13. The fourth-order valence-electron chi connectivity index (χ4n) is 0.926. The minimum atomic E-state index is -0.110. The molecule has 0 heterocycles. The minimum Gasteiger partial charge on any atom is -0.466 e. The Bertz CT molecular complexity index is 123. The van der Waals surface area contributed by atoms with Crippen molar-refractivity contribution < 1.29 is 14.3 Å². The van der Waals surface area contributed by atoms with Crippen molar-refractivity contribution in [1.82, 2.24) is 0 Å². The van der Waals surface area contributed by atoms with E-state index in [0.29, 0.717) is 25.6 Å². The molecule has 0 fully saturated rings. The van der Waals surface area contributed by atoms with E-state index in [0.717, 1.165) is 6.42 Å². The summed E-state index contributed by atoms with van der Waals surface area (Å²) in [4.78, 5) is 11.0. The Morgan fingerprint density at radius 3 is 2.67 bits per heavy atom. The molecule has 0 saturated carbocycles. The molecular formula is C9H18O3. The summed E-state index contributed by atoms with van der Waals surface area (Å²) in [6, 6.07) is 0. The SMILES string of the molecule is CCOC(=O)C[C@H](C)CCOC. The molecule has 3 nitrogen and oxygen atoms in total. The second-order valence-corrected chi connectivity index (χ2v) is 2.90. The summed E-state index contributed by atoms with van der Waals surface area (Å²) >= 11 is 0. The van der Waals surface area contributed by atoms with Gasteiger partial charge in [0.2, 0.25) is 0 Å². The van der Waals surface area contributed by atoms with E-state index in [4.69, 9.17) is 9.47 Å². The highest BCUT2D eigenvalue weighted by atomic mass is 16.5. The number of hydrogen-bond donors (Lipinski definition) is 0. The fourth-order valence-corrected chi connectivity index (χ4v) is 0.926. The van der Waals surface area contributed by atoms with Crippen LogP contribution in [0.3, 0.4) is 0 Å². The van der Waals surface area contributed by atoms with Gasteiger partial charge in [-0.15, -0.1) is 0 Å². The lowest BCUT2D eigenvalue weighted by Gasteiger charge is -2.08. The monoisotopic (exact) mass is 174 g/mol. The Kier molecular flexibility index (Phi) is 6.76. The van der Waals surface area contributed by atoms with Gasteiger partial charge in [-0.25, -0.2) is 0 Å². The number of carbonyl (C=O) groups excluding carboxylic acids is 1. The highest BCUT2D eigenvalue weighted by Crippen LogP contribution is 2.07. The van der Waals surface area contributed by atoms with Gasteiger partial charge >= 0.3 is 5.97 Å². The van der Waals surface area contributed by atoms with E-state index in [1.54, 1.807) is 7.11 Å². The van der Waals surface area contributed by atoms with E-state index in [1.165, 1.54) is 0 Å². The molecule has 0 N–H and O–H groups in total. The predicted molar refractivity (Wildman–Crippen MR) is 46.9 cm³/mol. The molecule has 72 valence electrons. The zero-order valence-corrected chi connectivity index (χ0v) is 8.13. The van der Waals surface area contributed by atoms with Crippen molar-refractivity contribution in [2.45, 2.75) is 26.7 Å². The number of esters is 1. The zero-order chi connectivity index (χ0) is 9.40. The third kappa shape index (κ3) is 6.16. The normalized spacial score (nSPS) is 12.6. The van der Waals surface area contributed by atoms with Gasteiger partial charge in [-0.1, -0.05) is 6.92 Å². The first-order chi connectivity index (χ1) is 5.70. The Labute approximate surface area is 74.0 Å². The van der Waals surface area contributed by atoms with Crippen LogP contribution < -0.4 is 0 Å². The first-order valence-electron chi connectivity index (χ1n) is 4.35. The van der Waals surface area contributed by atoms with Gasteiger partial charge in [-0.05, 0) is 19.3 Å². The Morgan fingerprint density at radius 2 is 2.17 bits per heavy atom. The minimum absolute atomic E-state index is 0.110. The van der Waals surface area contributed by atoms with Crippen molar-refractivity contribution in [3.63, 3.8) is 0 Å². The van der Waals surface area contributed by atoms with E-state index in [2.05, 4.69) is 0 Å². The molecule has 0 unspecified atom stereocenters. The van der Waals surface area contributed by atoms with Crippen LogP contribution in [0.1, 0.15) is 26.7 Å². The summed E-state index contributed by atoms with van der Waals surface area (Å²) in [6.45, 7) is 5.02. The first-order valence-corrected chi connectivity index (χ1v) is 4.35. The van der Waals surface area contributed by atoms with E-state index in [9.17, 15) is 4.79 Å². The van der Waals surface area contributed by atoms with Crippen LogP contribution in [0, 0.1) is 5.92 Å². The second kappa shape index (κ2) is 7.10. The Morgan fingerprint density at radius 1 is 1.50 bits per heavy atom. The molecule has 0 saturated heterocycles. The van der Waals surface area contributed by atoms with Crippen molar-refractivity contribution >= 4 is 5.97 Å². The molecular weight excluding hydrogens is 156 g/mol. The van der Waals surface area contributed by atoms with Gasteiger partial charge in [-0.2, -0.15) is 0 Å². The molecule has 0 spiro atoms. The Hall–Kier alpha value is -0.570. The second-order valence-electron chi connectivity index (χ2n) is 2.90. The van der Waals surface area contributed by atoms with Gasteiger partial charge < -0.3 is 9.47 Å². The maximum Gasteiger partial charge on any atom is 0.306 e. The molecule has 3 heteroatoms. The summed E-state index contributed by atoms with van der Waals surface area (Å²) in [5, 5.41) is 0. The maximum atomic E-state index is 11.0. The van der Waals surface area contributed by atoms with Crippen molar-refractivity contribution in [3.8, 4) is 0 Å². The predicted octanol–water partition coefficient (Wildman–Crippen LogP) is 1.61. The van der Waals surface area contributed by atoms with Crippen LogP contribution in [0.15, 0.2) is 0 Å².